The number of hydrogen-bond acceptors (Lipinski definition) is 3. The van der Waals surface area contributed by atoms with Crippen molar-refractivity contribution in [2.75, 3.05) is 0 Å². The predicted molar refractivity (Wildman–Crippen MR) is 55.6 cm³/mol. The molecular weight excluding hydrogens is 194 g/mol. The molecule has 0 atom stereocenters. The van der Waals surface area contributed by atoms with E-state index in [1.165, 1.54) is 6.20 Å². The summed E-state index contributed by atoms with van der Waals surface area (Å²) in [5.74, 6) is -0.749. The van der Waals surface area contributed by atoms with E-state index in [1.807, 2.05) is 0 Å². The van der Waals surface area contributed by atoms with Gasteiger partial charge in [-0.3, -0.25) is 9.59 Å². The van der Waals surface area contributed by atoms with E-state index in [0.29, 0.717) is 5.52 Å². The average Bonchev–Trinajstić information content (AvgIpc) is 2.19. The van der Waals surface area contributed by atoms with Crippen molar-refractivity contribution >= 4 is 16.9 Å². The second-order valence-corrected chi connectivity index (χ2v) is 3.24. The minimum absolute atomic E-state index is 0.0689. The molecule has 0 radical (unpaired) electrons. The molecule has 5 nitrogen and oxygen atoms in total. The summed E-state index contributed by atoms with van der Waals surface area (Å²) >= 11 is 0. The molecule has 0 aliphatic heterocycles. The maximum absolute atomic E-state index is 11.7. The van der Waals surface area contributed by atoms with Gasteiger partial charge in [0.15, 0.2) is 0 Å². The summed E-state index contributed by atoms with van der Waals surface area (Å²) in [5, 5.41) is 0. The number of amides is 1. The van der Waals surface area contributed by atoms with Gasteiger partial charge in [-0.05, 0) is 19.1 Å². The summed E-state index contributed by atoms with van der Waals surface area (Å²) in [6.07, 6.45) is 1.31. The van der Waals surface area contributed by atoms with Crippen LogP contribution in [0.25, 0.3) is 11.0 Å². The highest BCUT2D eigenvalue weighted by molar-refractivity contribution is 5.95. The molecule has 5 heteroatoms. The Morgan fingerprint density at radius 3 is 2.87 bits per heavy atom. The summed E-state index contributed by atoms with van der Waals surface area (Å²) in [6, 6.07) is 3.52. The number of nitrogens with two attached hydrogens (primary N) is 1. The van der Waals surface area contributed by atoms with Crippen molar-refractivity contribution < 1.29 is 4.79 Å². The second-order valence-electron chi connectivity index (χ2n) is 3.24. The van der Waals surface area contributed by atoms with Crippen LogP contribution >= 0.6 is 0 Å². The molecule has 2 rings (SSSR count). The third kappa shape index (κ3) is 1.48. The monoisotopic (exact) mass is 203 g/mol. The van der Waals surface area contributed by atoms with Crippen molar-refractivity contribution in [3.05, 3.63) is 39.8 Å². The fourth-order valence-electron chi connectivity index (χ4n) is 1.37. The molecule has 0 aliphatic rings. The summed E-state index contributed by atoms with van der Waals surface area (Å²) < 4.78 is 0. The highest BCUT2D eigenvalue weighted by Gasteiger charge is 2.10. The third-order valence-electron chi connectivity index (χ3n) is 2.13. The van der Waals surface area contributed by atoms with E-state index in [4.69, 9.17) is 5.73 Å². The van der Waals surface area contributed by atoms with Gasteiger partial charge in [0.1, 0.15) is 11.1 Å². The van der Waals surface area contributed by atoms with Crippen LogP contribution in [-0.4, -0.2) is 15.9 Å². The van der Waals surface area contributed by atoms with Gasteiger partial charge < -0.3 is 10.7 Å². The van der Waals surface area contributed by atoms with Crippen molar-refractivity contribution in [1.82, 2.24) is 9.97 Å². The maximum Gasteiger partial charge on any atom is 0.254 e. The van der Waals surface area contributed by atoms with E-state index in [1.54, 1.807) is 19.1 Å². The van der Waals surface area contributed by atoms with Gasteiger partial charge in [0, 0.05) is 11.9 Å². The zero-order valence-electron chi connectivity index (χ0n) is 8.07. The van der Waals surface area contributed by atoms with Gasteiger partial charge in [-0.15, -0.1) is 0 Å². The van der Waals surface area contributed by atoms with E-state index in [2.05, 4.69) is 9.97 Å². The Hall–Kier alpha value is -2.17. The first-order chi connectivity index (χ1) is 7.09. The molecule has 0 bridgehead atoms. The van der Waals surface area contributed by atoms with Crippen molar-refractivity contribution in [3.8, 4) is 0 Å². The quantitative estimate of drug-likeness (QED) is 0.699. The Balaban J connectivity index is 2.89. The normalized spacial score (nSPS) is 10.5. The molecule has 0 spiro atoms. The fraction of sp³-hybridized carbons (Fsp3) is 0.100. The predicted octanol–water partition coefficient (Wildman–Crippen LogP) is 0.330. The largest absolute Gasteiger partial charge is 0.365 e. The van der Waals surface area contributed by atoms with Gasteiger partial charge in [0.05, 0.1) is 5.52 Å². The average molecular weight is 203 g/mol. The zero-order chi connectivity index (χ0) is 11.0. The molecule has 0 saturated heterocycles. The number of aromatic nitrogens is 2. The number of carbonyl (C=O) groups is 1. The lowest BCUT2D eigenvalue weighted by molar-refractivity contribution is 0.0999. The number of hydrogen-bond donors (Lipinski definition) is 2. The summed E-state index contributed by atoms with van der Waals surface area (Å²) in [4.78, 5) is 29.5. The van der Waals surface area contributed by atoms with Crippen LogP contribution in [0.2, 0.25) is 0 Å². The highest BCUT2D eigenvalue weighted by atomic mass is 16.2. The van der Waals surface area contributed by atoms with Gasteiger partial charge in [-0.25, -0.2) is 4.98 Å². The van der Waals surface area contributed by atoms with E-state index in [-0.39, 0.29) is 11.1 Å². The Labute approximate surface area is 84.9 Å². The molecular formula is C10H9N3O2. The SMILES string of the molecule is Cc1ccc2[nH]cc(C(N)=O)c(=O)c2n1. The standard InChI is InChI=1S/C10H9N3O2/c1-5-2-3-7-8(13-5)9(14)6(4-12-7)10(11)15/h2-4H,1H3,(H2,11,15)(H,12,14). The van der Waals surface area contributed by atoms with Crippen molar-refractivity contribution in [1.29, 1.82) is 0 Å². The van der Waals surface area contributed by atoms with Gasteiger partial charge >= 0.3 is 0 Å². The number of carbonyl (C=O) groups excluding carboxylic acids is 1. The molecule has 3 N–H and O–H groups in total. The van der Waals surface area contributed by atoms with Gasteiger partial charge in [-0.1, -0.05) is 0 Å². The van der Waals surface area contributed by atoms with Crippen LogP contribution < -0.4 is 11.2 Å². The highest BCUT2D eigenvalue weighted by Crippen LogP contribution is 2.05. The van der Waals surface area contributed by atoms with E-state index in [9.17, 15) is 9.59 Å². The lowest BCUT2D eigenvalue weighted by Crippen LogP contribution is -2.22. The molecule has 76 valence electrons. The molecule has 2 heterocycles. The summed E-state index contributed by atoms with van der Waals surface area (Å²) in [7, 11) is 0. The molecule has 0 saturated carbocycles. The molecule has 15 heavy (non-hydrogen) atoms. The Morgan fingerprint density at radius 1 is 1.47 bits per heavy atom. The van der Waals surface area contributed by atoms with Gasteiger partial charge in [0.25, 0.3) is 5.91 Å². The number of primary amides is 1. The molecule has 2 aromatic rings. The Bertz CT molecular complexity index is 601. The zero-order valence-corrected chi connectivity index (χ0v) is 8.07. The number of aromatic amines is 1. The van der Waals surface area contributed by atoms with Crippen LogP contribution in [0.4, 0.5) is 0 Å². The minimum atomic E-state index is -0.749. The number of nitrogens with zero attached hydrogens (tertiary/aromatic N) is 1. The van der Waals surface area contributed by atoms with Crippen molar-refractivity contribution in [2.45, 2.75) is 6.92 Å². The summed E-state index contributed by atoms with van der Waals surface area (Å²) in [6.45, 7) is 1.77. The van der Waals surface area contributed by atoms with Crippen LogP contribution in [0.15, 0.2) is 23.1 Å². The molecule has 0 aliphatic carbocycles. The van der Waals surface area contributed by atoms with E-state index >= 15 is 0 Å². The van der Waals surface area contributed by atoms with Crippen LogP contribution in [0.1, 0.15) is 16.1 Å². The number of nitrogens with one attached hydrogen (secondary N) is 1. The first-order valence-corrected chi connectivity index (χ1v) is 4.38. The molecule has 0 unspecified atom stereocenters. The Kier molecular flexibility index (Phi) is 2.00. The third-order valence-corrected chi connectivity index (χ3v) is 2.13. The summed E-state index contributed by atoms with van der Waals surface area (Å²) in [5.41, 5.74) is 6.11. The van der Waals surface area contributed by atoms with Crippen LogP contribution in [0.3, 0.4) is 0 Å². The topological polar surface area (TPSA) is 88.8 Å². The molecule has 2 aromatic heterocycles. The van der Waals surface area contributed by atoms with Crippen LogP contribution in [0.5, 0.6) is 0 Å². The van der Waals surface area contributed by atoms with Gasteiger partial charge in [-0.2, -0.15) is 0 Å². The minimum Gasteiger partial charge on any atom is -0.365 e. The van der Waals surface area contributed by atoms with Crippen molar-refractivity contribution in [2.24, 2.45) is 5.73 Å². The van der Waals surface area contributed by atoms with Crippen LogP contribution in [0, 0.1) is 6.92 Å². The second kappa shape index (κ2) is 3.20. The number of pyridine rings is 2. The Morgan fingerprint density at radius 2 is 2.20 bits per heavy atom. The fourth-order valence-corrected chi connectivity index (χ4v) is 1.37. The van der Waals surface area contributed by atoms with E-state index in [0.717, 1.165) is 5.69 Å². The lowest BCUT2D eigenvalue weighted by atomic mass is 10.2. The van der Waals surface area contributed by atoms with Crippen LogP contribution in [-0.2, 0) is 0 Å². The van der Waals surface area contributed by atoms with E-state index < -0.39 is 11.3 Å². The number of fused-ring (bicyclic) bond motifs is 1. The lowest BCUT2D eigenvalue weighted by Gasteiger charge is -2.00. The maximum atomic E-state index is 11.7. The first kappa shape index (κ1) is 9.39. The molecule has 0 fully saturated rings. The molecule has 1 amide bonds. The number of H-pyrrole nitrogens is 1. The smallest absolute Gasteiger partial charge is 0.254 e. The number of aryl methyl sites for hydroxylation is 1. The van der Waals surface area contributed by atoms with Crippen molar-refractivity contribution in [3.63, 3.8) is 0 Å². The molecule has 0 aromatic carbocycles. The number of rotatable bonds is 1. The first-order valence-electron chi connectivity index (χ1n) is 4.38. The van der Waals surface area contributed by atoms with Gasteiger partial charge in [0.2, 0.25) is 5.43 Å².